The summed E-state index contributed by atoms with van der Waals surface area (Å²) < 4.78 is 0. The molecule has 0 saturated heterocycles. The molecule has 0 radical (unpaired) electrons. The zero-order valence-corrected chi connectivity index (χ0v) is 9.46. The van der Waals surface area contributed by atoms with Crippen molar-refractivity contribution in [3.63, 3.8) is 0 Å². The first-order valence-electron chi connectivity index (χ1n) is 5.18. The fraction of sp³-hybridized carbons (Fsp3) is 1.00. The molecule has 2 saturated carbocycles. The fourth-order valence-electron chi connectivity index (χ4n) is 3.57. The van der Waals surface area contributed by atoms with E-state index in [0.717, 1.165) is 12.8 Å². The molecule has 0 unspecified atom stereocenters. The van der Waals surface area contributed by atoms with Gasteiger partial charge >= 0.3 is 0 Å². The molecule has 0 aromatic heterocycles. The number of rotatable bonds is 2. The average Bonchev–Trinajstić information content (AvgIpc) is 2.52. The zero-order chi connectivity index (χ0) is 10.4. The topological polar surface area (TPSA) is 48.8 Å². The Morgan fingerprint density at radius 1 is 1.57 bits per heavy atom. The summed E-state index contributed by atoms with van der Waals surface area (Å²) >= 11 is 6.12. The normalized spacial score (nSPS) is 43.6. The first-order valence-corrected chi connectivity index (χ1v) is 5.72. The SMILES string of the molecule is CC1(C)[C@H]2CC[C@]1(CCl)[C@@H](N=[N+]=[N-])C2. The number of hydrogen-bond donors (Lipinski definition) is 0. The summed E-state index contributed by atoms with van der Waals surface area (Å²) in [5, 5.41) is 3.94. The van der Waals surface area contributed by atoms with Crippen molar-refractivity contribution < 1.29 is 0 Å². The summed E-state index contributed by atoms with van der Waals surface area (Å²) in [6.45, 7) is 4.56. The van der Waals surface area contributed by atoms with Crippen LogP contribution >= 0.6 is 11.6 Å². The monoisotopic (exact) mass is 213 g/mol. The maximum absolute atomic E-state index is 8.55. The molecule has 2 fully saturated rings. The van der Waals surface area contributed by atoms with Crippen molar-refractivity contribution in [3.8, 4) is 0 Å². The third kappa shape index (κ3) is 0.973. The molecule has 0 N–H and O–H groups in total. The number of hydrogen-bond acceptors (Lipinski definition) is 1. The highest BCUT2D eigenvalue weighted by Crippen LogP contribution is 2.66. The molecule has 0 heterocycles. The van der Waals surface area contributed by atoms with Gasteiger partial charge in [0.25, 0.3) is 0 Å². The molecule has 2 aliphatic carbocycles. The molecule has 2 rings (SSSR count). The molecule has 78 valence electrons. The van der Waals surface area contributed by atoms with E-state index < -0.39 is 0 Å². The van der Waals surface area contributed by atoms with E-state index in [0.29, 0.717) is 11.8 Å². The molecule has 0 amide bonds. The molecule has 3 nitrogen and oxygen atoms in total. The van der Waals surface area contributed by atoms with Crippen LogP contribution in [0.4, 0.5) is 0 Å². The lowest BCUT2D eigenvalue weighted by Gasteiger charge is -2.39. The van der Waals surface area contributed by atoms with E-state index in [1.165, 1.54) is 6.42 Å². The average molecular weight is 214 g/mol. The van der Waals surface area contributed by atoms with Gasteiger partial charge in [-0.15, -0.1) is 11.6 Å². The van der Waals surface area contributed by atoms with E-state index in [-0.39, 0.29) is 16.9 Å². The van der Waals surface area contributed by atoms with E-state index in [4.69, 9.17) is 17.1 Å². The number of alkyl halides is 1. The second-order valence-corrected chi connectivity index (χ2v) is 5.47. The van der Waals surface area contributed by atoms with Crippen molar-refractivity contribution in [1.82, 2.24) is 0 Å². The number of fused-ring (bicyclic) bond motifs is 2. The minimum Gasteiger partial charge on any atom is -0.126 e. The summed E-state index contributed by atoms with van der Waals surface area (Å²) in [4.78, 5) is 2.96. The van der Waals surface area contributed by atoms with Gasteiger partial charge in [-0.2, -0.15) is 0 Å². The molecule has 0 spiro atoms. The second-order valence-electron chi connectivity index (χ2n) is 5.20. The highest BCUT2D eigenvalue weighted by molar-refractivity contribution is 6.18. The molecule has 4 heteroatoms. The van der Waals surface area contributed by atoms with Gasteiger partial charge in [0.1, 0.15) is 0 Å². The molecule has 14 heavy (non-hydrogen) atoms. The van der Waals surface area contributed by atoms with Gasteiger partial charge in [0.15, 0.2) is 0 Å². The lowest BCUT2D eigenvalue weighted by atomic mass is 9.69. The predicted molar refractivity (Wildman–Crippen MR) is 57.2 cm³/mol. The van der Waals surface area contributed by atoms with Crippen LogP contribution in [0.25, 0.3) is 10.4 Å². The van der Waals surface area contributed by atoms with Gasteiger partial charge in [0.05, 0.1) is 0 Å². The fourth-order valence-corrected chi connectivity index (χ4v) is 4.23. The Hall–Kier alpha value is -0.400. The zero-order valence-electron chi connectivity index (χ0n) is 8.70. The van der Waals surface area contributed by atoms with Gasteiger partial charge in [0, 0.05) is 16.8 Å². The van der Waals surface area contributed by atoms with Gasteiger partial charge in [-0.3, -0.25) is 0 Å². The minimum absolute atomic E-state index is 0.0610. The Morgan fingerprint density at radius 3 is 2.79 bits per heavy atom. The van der Waals surface area contributed by atoms with Crippen molar-refractivity contribution >= 4 is 11.6 Å². The maximum atomic E-state index is 8.55. The molecule has 0 aliphatic heterocycles. The predicted octanol–water partition coefficient (Wildman–Crippen LogP) is 3.73. The molecule has 3 atom stereocenters. The van der Waals surface area contributed by atoms with Crippen molar-refractivity contribution in [1.29, 1.82) is 0 Å². The van der Waals surface area contributed by atoms with Crippen LogP contribution in [0.5, 0.6) is 0 Å². The van der Waals surface area contributed by atoms with Crippen molar-refractivity contribution in [2.75, 3.05) is 5.88 Å². The largest absolute Gasteiger partial charge is 0.126 e. The van der Waals surface area contributed by atoms with Crippen molar-refractivity contribution in [2.45, 2.75) is 39.2 Å². The first kappa shape index (κ1) is 10.1. The van der Waals surface area contributed by atoms with Crippen LogP contribution in [0.3, 0.4) is 0 Å². The quantitative estimate of drug-likeness (QED) is 0.291. The third-order valence-electron chi connectivity index (χ3n) is 4.82. The van der Waals surface area contributed by atoms with E-state index in [2.05, 4.69) is 23.9 Å². The Labute approximate surface area is 89.4 Å². The highest BCUT2D eigenvalue weighted by Gasteiger charge is 2.63. The van der Waals surface area contributed by atoms with E-state index in [1.54, 1.807) is 0 Å². The molecular formula is C10H16ClN3. The Balaban J connectivity index is 2.40. The second kappa shape index (κ2) is 3.04. The summed E-state index contributed by atoms with van der Waals surface area (Å²) in [5.74, 6) is 1.32. The summed E-state index contributed by atoms with van der Waals surface area (Å²) in [6.07, 6.45) is 3.40. The Morgan fingerprint density at radius 2 is 2.29 bits per heavy atom. The van der Waals surface area contributed by atoms with Gasteiger partial charge in [-0.05, 0) is 41.5 Å². The van der Waals surface area contributed by atoms with E-state index in [9.17, 15) is 0 Å². The minimum atomic E-state index is 0.0610. The van der Waals surface area contributed by atoms with Crippen molar-refractivity contribution in [3.05, 3.63) is 10.4 Å². The van der Waals surface area contributed by atoms with E-state index >= 15 is 0 Å². The maximum Gasteiger partial charge on any atom is 0.0449 e. The molecule has 2 bridgehead atoms. The van der Waals surface area contributed by atoms with Crippen LogP contribution in [-0.2, 0) is 0 Å². The summed E-state index contributed by atoms with van der Waals surface area (Å²) in [5.41, 5.74) is 8.85. The first-order chi connectivity index (χ1) is 6.58. The number of nitrogens with zero attached hydrogens (tertiary/aromatic N) is 3. The van der Waals surface area contributed by atoms with Crippen LogP contribution in [0.15, 0.2) is 5.11 Å². The molecule has 0 aromatic carbocycles. The van der Waals surface area contributed by atoms with Gasteiger partial charge in [-0.1, -0.05) is 19.0 Å². The molecule has 0 aromatic rings. The van der Waals surface area contributed by atoms with Gasteiger partial charge < -0.3 is 0 Å². The van der Waals surface area contributed by atoms with E-state index in [1.807, 2.05) is 0 Å². The lowest BCUT2D eigenvalue weighted by Crippen LogP contribution is -2.39. The van der Waals surface area contributed by atoms with Crippen LogP contribution < -0.4 is 0 Å². The summed E-state index contributed by atoms with van der Waals surface area (Å²) in [7, 11) is 0. The highest BCUT2D eigenvalue weighted by atomic mass is 35.5. The third-order valence-corrected chi connectivity index (χ3v) is 5.29. The number of azide groups is 1. The van der Waals surface area contributed by atoms with Crippen LogP contribution in [0.1, 0.15) is 33.1 Å². The van der Waals surface area contributed by atoms with Crippen molar-refractivity contribution in [2.24, 2.45) is 21.9 Å². The smallest absolute Gasteiger partial charge is 0.0449 e. The summed E-state index contributed by atoms with van der Waals surface area (Å²) in [6, 6.07) is 0.124. The molecular weight excluding hydrogens is 198 g/mol. The Bertz CT molecular complexity index is 296. The van der Waals surface area contributed by atoms with Gasteiger partial charge in [-0.25, -0.2) is 0 Å². The standard InChI is InChI=1S/C10H16ClN3/c1-9(2)7-3-4-10(9,6-11)8(5-7)13-14-12/h7-8H,3-6H2,1-2H3/t7-,8-,10-/m0/s1. The Kier molecular flexibility index (Phi) is 2.20. The lowest BCUT2D eigenvalue weighted by molar-refractivity contribution is 0.140. The van der Waals surface area contributed by atoms with Crippen LogP contribution in [0, 0.1) is 16.7 Å². The number of halogens is 1. The van der Waals surface area contributed by atoms with Crippen LogP contribution in [-0.4, -0.2) is 11.9 Å². The van der Waals surface area contributed by atoms with Crippen LogP contribution in [0.2, 0.25) is 0 Å². The molecule has 2 aliphatic rings. The van der Waals surface area contributed by atoms with Gasteiger partial charge in [0.2, 0.25) is 0 Å².